The minimum absolute atomic E-state index is 0.00461. The fraction of sp³-hybridized carbons (Fsp3) is 0.667. The highest BCUT2D eigenvalue weighted by atomic mass is 79.9. The Morgan fingerprint density at radius 2 is 2.11 bits per heavy atom. The maximum Gasteiger partial charge on any atom is 0.150 e. The van der Waals surface area contributed by atoms with Gasteiger partial charge in [0.1, 0.15) is 0 Å². The minimum atomic E-state index is -2.82. The smallest absolute Gasteiger partial charge is 0.150 e. The molecule has 0 N–H and O–H groups in total. The highest BCUT2D eigenvalue weighted by Crippen LogP contribution is 2.42. The lowest BCUT2D eigenvalue weighted by atomic mass is 9.74. The van der Waals surface area contributed by atoms with E-state index in [-0.39, 0.29) is 11.3 Å². The summed E-state index contributed by atoms with van der Waals surface area (Å²) in [7, 11) is -2.82. The molecule has 0 bridgehead atoms. The Balaban J connectivity index is 2.21. The van der Waals surface area contributed by atoms with Crippen LogP contribution in [-0.4, -0.2) is 30.6 Å². The number of alkyl halides is 2. The van der Waals surface area contributed by atoms with Crippen LogP contribution in [0.1, 0.15) is 12.0 Å². The predicted octanol–water partition coefficient (Wildman–Crippen LogP) is 3.50. The van der Waals surface area contributed by atoms with Gasteiger partial charge >= 0.3 is 0 Å². The van der Waals surface area contributed by atoms with Crippen LogP contribution in [0.5, 0.6) is 0 Å². The second-order valence-electron chi connectivity index (χ2n) is 5.04. The average molecular weight is 416 g/mol. The Labute approximate surface area is 129 Å². The number of rotatable bonds is 5. The van der Waals surface area contributed by atoms with Gasteiger partial charge in [-0.2, -0.15) is 11.3 Å². The number of hydrogen-bond acceptors (Lipinski definition) is 3. The predicted molar refractivity (Wildman–Crippen MR) is 84.8 cm³/mol. The van der Waals surface area contributed by atoms with E-state index in [2.05, 4.69) is 48.7 Å². The molecule has 102 valence electrons. The first kappa shape index (κ1) is 15.0. The van der Waals surface area contributed by atoms with Crippen molar-refractivity contribution >= 4 is 53.0 Å². The second kappa shape index (κ2) is 5.94. The summed E-state index contributed by atoms with van der Waals surface area (Å²) in [6, 6.07) is 2.13. The maximum absolute atomic E-state index is 11.7. The van der Waals surface area contributed by atoms with Gasteiger partial charge in [0.15, 0.2) is 9.84 Å². The maximum atomic E-state index is 11.7. The van der Waals surface area contributed by atoms with Crippen LogP contribution >= 0.6 is 43.2 Å². The van der Waals surface area contributed by atoms with E-state index >= 15 is 0 Å². The van der Waals surface area contributed by atoms with Crippen LogP contribution in [0.25, 0.3) is 0 Å². The highest BCUT2D eigenvalue weighted by molar-refractivity contribution is 9.09. The molecule has 0 radical (unpaired) electrons. The normalized spacial score (nSPS) is 23.3. The van der Waals surface area contributed by atoms with E-state index in [4.69, 9.17) is 0 Å². The van der Waals surface area contributed by atoms with Gasteiger partial charge in [-0.15, -0.1) is 0 Å². The van der Waals surface area contributed by atoms with E-state index in [1.165, 1.54) is 5.56 Å². The van der Waals surface area contributed by atoms with Gasteiger partial charge in [-0.25, -0.2) is 8.42 Å². The van der Waals surface area contributed by atoms with Crippen LogP contribution in [0.3, 0.4) is 0 Å². The summed E-state index contributed by atoms with van der Waals surface area (Å²) < 4.78 is 23.4. The fourth-order valence-electron chi connectivity index (χ4n) is 2.57. The summed E-state index contributed by atoms with van der Waals surface area (Å²) in [5.74, 6) is 0.943. The van der Waals surface area contributed by atoms with Gasteiger partial charge in [-0.3, -0.25) is 0 Å². The van der Waals surface area contributed by atoms with Gasteiger partial charge in [0.25, 0.3) is 0 Å². The number of sulfone groups is 1. The molecule has 1 atom stereocenters. The van der Waals surface area contributed by atoms with Gasteiger partial charge in [-0.05, 0) is 46.6 Å². The van der Waals surface area contributed by atoms with Crippen molar-refractivity contribution < 1.29 is 8.42 Å². The third-order valence-corrected chi connectivity index (χ3v) is 8.50. The van der Waals surface area contributed by atoms with Crippen molar-refractivity contribution in [3.8, 4) is 0 Å². The molecular formula is C12H16Br2O2S2. The zero-order valence-corrected chi connectivity index (χ0v) is 14.7. The van der Waals surface area contributed by atoms with Crippen molar-refractivity contribution in [2.75, 3.05) is 22.2 Å². The minimum Gasteiger partial charge on any atom is -0.229 e. The van der Waals surface area contributed by atoms with Crippen molar-refractivity contribution in [3.63, 3.8) is 0 Å². The van der Waals surface area contributed by atoms with E-state index in [0.717, 1.165) is 23.5 Å². The van der Waals surface area contributed by atoms with Crippen molar-refractivity contribution in [2.24, 2.45) is 11.3 Å². The Morgan fingerprint density at radius 1 is 1.39 bits per heavy atom. The Hall–Kier alpha value is 0.610. The van der Waals surface area contributed by atoms with E-state index in [0.29, 0.717) is 11.5 Å². The lowest BCUT2D eigenvalue weighted by Crippen LogP contribution is -2.37. The fourth-order valence-corrected chi connectivity index (χ4v) is 7.42. The molecule has 1 aromatic rings. The third-order valence-electron chi connectivity index (χ3n) is 3.77. The topological polar surface area (TPSA) is 34.1 Å². The zero-order valence-electron chi connectivity index (χ0n) is 9.94. The Bertz CT molecular complexity index is 478. The van der Waals surface area contributed by atoms with Gasteiger partial charge in [-0.1, -0.05) is 31.9 Å². The summed E-state index contributed by atoms with van der Waals surface area (Å²) in [6.07, 6.45) is 1.73. The Kier molecular flexibility index (Phi) is 4.95. The molecule has 0 spiro atoms. The molecule has 1 aliphatic rings. The molecule has 1 aliphatic heterocycles. The quantitative estimate of drug-likeness (QED) is 0.689. The second-order valence-corrected chi connectivity index (χ2v) is 9.17. The highest BCUT2D eigenvalue weighted by Gasteiger charge is 2.43. The molecule has 1 aromatic heterocycles. The molecule has 0 aromatic carbocycles. The molecule has 2 nitrogen and oxygen atoms in total. The summed E-state index contributed by atoms with van der Waals surface area (Å²) >= 11 is 8.91. The van der Waals surface area contributed by atoms with Crippen LogP contribution in [0.15, 0.2) is 16.8 Å². The summed E-state index contributed by atoms with van der Waals surface area (Å²) in [6.45, 7) is 0. The van der Waals surface area contributed by atoms with E-state index in [9.17, 15) is 8.42 Å². The lowest BCUT2D eigenvalue weighted by Gasteiger charge is -2.35. The molecular weight excluding hydrogens is 400 g/mol. The largest absolute Gasteiger partial charge is 0.229 e. The standard InChI is InChI=1S/C12H16Br2O2S2/c13-8-12(9-14,5-10-1-3-17-6-10)11-2-4-18(15,16)7-11/h1,3,6,11H,2,4-5,7-9H2. The molecule has 1 saturated heterocycles. The molecule has 0 aliphatic carbocycles. The van der Waals surface area contributed by atoms with Crippen molar-refractivity contribution in [1.82, 2.24) is 0 Å². The molecule has 18 heavy (non-hydrogen) atoms. The van der Waals surface area contributed by atoms with E-state index in [1.54, 1.807) is 11.3 Å². The average Bonchev–Trinajstić information content (AvgIpc) is 2.95. The van der Waals surface area contributed by atoms with E-state index < -0.39 is 9.84 Å². The first-order chi connectivity index (χ1) is 8.51. The lowest BCUT2D eigenvalue weighted by molar-refractivity contribution is 0.253. The molecule has 6 heteroatoms. The van der Waals surface area contributed by atoms with Gasteiger partial charge in [0.05, 0.1) is 11.5 Å². The zero-order chi connectivity index (χ0) is 13.2. The number of hydrogen-bond donors (Lipinski definition) is 0. The van der Waals surface area contributed by atoms with Crippen molar-refractivity contribution in [3.05, 3.63) is 22.4 Å². The van der Waals surface area contributed by atoms with Crippen molar-refractivity contribution in [2.45, 2.75) is 12.8 Å². The molecule has 1 unspecified atom stereocenters. The summed E-state index contributed by atoms with van der Waals surface area (Å²) in [4.78, 5) is 0. The molecule has 0 amide bonds. The number of halogens is 2. The first-order valence-electron chi connectivity index (χ1n) is 5.85. The molecule has 0 saturated carbocycles. The van der Waals surface area contributed by atoms with Crippen LogP contribution in [0, 0.1) is 11.3 Å². The van der Waals surface area contributed by atoms with E-state index in [1.807, 2.05) is 0 Å². The molecule has 2 heterocycles. The molecule has 1 fully saturated rings. The van der Waals surface area contributed by atoms with Crippen molar-refractivity contribution in [1.29, 1.82) is 0 Å². The third kappa shape index (κ3) is 3.19. The summed E-state index contributed by atoms with van der Waals surface area (Å²) in [5, 5.41) is 5.90. The van der Waals surface area contributed by atoms with Gasteiger partial charge in [0, 0.05) is 10.7 Å². The van der Waals surface area contributed by atoms with Gasteiger partial charge < -0.3 is 0 Å². The molecule has 2 rings (SSSR count). The van der Waals surface area contributed by atoms with Crippen LogP contribution in [-0.2, 0) is 16.3 Å². The summed E-state index contributed by atoms with van der Waals surface area (Å²) in [5.41, 5.74) is 1.31. The monoisotopic (exact) mass is 414 g/mol. The van der Waals surface area contributed by atoms with Crippen LogP contribution in [0.4, 0.5) is 0 Å². The van der Waals surface area contributed by atoms with Gasteiger partial charge in [0.2, 0.25) is 0 Å². The van der Waals surface area contributed by atoms with Crippen LogP contribution in [0.2, 0.25) is 0 Å². The van der Waals surface area contributed by atoms with Crippen LogP contribution < -0.4 is 0 Å². The first-order valence-corrected chi connectivity index (χ1v) is 10.9. The Morgan fingerprint density at radius 3 is 2.56 bits per heavy atom. The number of thiophene rings is 1. The SMILES string of the molecule is O=S1(=O)CCC(C(CBr)(CBr)Cc2ccsc2)C1.